The summed E-state index contributed by atoms with van der Waals surface area (Å²) >= 11 is 2.84. The average molecular weight is 371 g/mol. The van der Waals surface area contributed by atoms with Crippen LogP contribution in [0, 0.1) is 10.1 Å². The van der Waals surface area contributed by atoms with E-state index in [1.54, 1.807) is 35.3 Å². The maximum atomic E-state index is 12.3. The number of rotatable bonds is 5. The molecule has 0 spiro atoms. The van der Waals surface area contributed by atoms with Gasteiger partial charge in [0.25, 0.3) is 11.6 Å². The summed E-state index contributed by atoms with van der Waals surface area (Å²) in [7, 11) is 0. The monoisotopic (exact) mass is 371 g/mol. The molecule has 0 unspecified atom stereocenters. The predicted octanol–water partition coefficient (Wildman–Crippen LogP) is 4.69. The normalized spacial score (nSPS) is 10.4. The highest BCUT2D eigenvalue weighted by molar-refractivity contribution is 7.98. The number of thioether (sulfide) groups is 1. The number of nitro benzene ring substituents is 1. The summed E-state index contributed by atoms with van der Waals surface area (Å²) in [5.41, 5.74) is 1.78. The largest absolute Gasteiger partial charge is 0.298 e. The van der Waals surface area contributed by atoms with Gasteiger partial charge in [-0.1, -0.05) is 18.2 Å². The molecule has 1 N–H and O–H groups in total. The van der Waals surface area contributed by atoms with Gasteiger partial charge in [-0.2, -0.15) is 0 Å². The van der Waals surface area contributed by atoms with E-state index in [1.165, 1.54) is 23.5 Å². The van der Waals surface area contributed by atoms with Crippen LogP contribution < -0.4 is 5.32 Å². The topological polar surface area (TPSA) is 85.1 Å². The zero-order valence-electron chi connectivity index (χ0n) is 13.1. The first-order valence-electron chi connectivity index (χ1n) is 7.22. The highest BCUT2D eigenvalue weighted by atomic mass is 32.2. The quantitative estimate of drug-likeness (QED) is 0.399. The van der Waals surface area contributed by atoms with Crippen LogP contribution in [0.4, 0.5) is 10.8 Å². The lowest BCUT2D eigenvalue weighted by molar-refractivity contribution is -0.384. The van der Waals surface area contributed by atoms with Gasteiger partial charge in [-0.25, -0.2) is 4.98 Å². The Hall–Kier alpha value is -2.71. The molecule has 0 aliphatic carbocycles. The third-order valence-electron chi connectivity index (χ3n) is 3.41. The van der Waals surface area contributed by atoms with E-state index in [0.717, 1.165) is 4.90 Å². The minimum Gasteiger partial charge on any atom is -0.298 e. The van der Waals surface area contributed by atoms with E-state index in [-0.39, 0.29) is 11.6 Å². The molecule has 0 aliphatic rings. The summed E-state index contributed by atoms with van der Waals surface area (Å²) < 4.78 is 0. The zero-order valence-corrected chi connectivity index (χ0v) is 14.8. The molecular weight excluding hydrogens is 358 g/mol. The number of carbonyl (C=O) groups excluding carboxylic acids is 1. The lowest BCUT2D eigenvalue weighted by Gasteiger charge is -2.03. The van der Waals surface area contributed by atoms with Gasteiger partial charge in [0.05, 0.1) is 10.6 Å². The molecule has 0 saturated heterocycles. The van der Waals surface area contributed by atoms with Gasteiger partial charge in [-0.15, -0.1) is 23.1 Å². The van der Waals surface area contributed by atoms with Crippen molar-refractivity contribution in [2.75, 3.05) is 11.6 Å². The molecule has 1 amide bonds. The van der Waals surface area contributed by atoms with E-state index in [0.29, 0.717) is 22.0 Å². The SMILES string of the molecule is CSc1cccc(C(=O)Nc2nc(-c3cccc([N+](=O)[O-])c3)cs2)c1. The van der Waals surface area contributed by atoms with Crippen molar-refractivity contribution in [3.8, 4) is 11.3 Å². The van der Waals surface area contributed by atoms with Crippen molar-refractivity contribution in [3.63, 3.8) is 0 Å². The Morgan fingerprint density at radius 3 is 2.80 bits per heavy atom. The highest BCUT2D eigenvalue weighted by Crippen LogP contribution is 2.27. The summed E-state index contributed by atoms with van der Waals surface area (Å²) in [5.74, 6) is -0.240. The number of hydrogen-bond donors (Lipinski definition) is 1. The van der Waals surface area contributed by atoms with Crippen molar-refractivity contribution in [3.05, 3.63) is 69.6 Å². The summed E-state index contributed by atoms with van der Waals surface area (Å²) in [6, 6.07) is 13.6. The molecule has 0 fully saturated rings. The number of non-ortho nitro benzene ring substituents is 1. The van der Waals surface area contributed by atoms with Crippen LogP contribution in [0.3, 0.4) is 0 Å². The van der Waals surface area contributed by atoms with Crippen molar-refractivity contribution in [2.45, 2.75) is 4.90 Å². The van der Waals surface area contributed by atoms with Crippen molar-refractivity contribution >= 4 is 39.8 Å². The molecule has 8 heteroatoms. The number of anilines is 1. The Kier molecular flexibility index (Phi) is 5.11. The van der Waals surface area contributed by atoms with Crippen molar-refractivity contribution in [1.82, 2.24) is 4.98 Å². The van der Waals surface area contributed by atoms with E-state index in [9.17, 15) is 14.9 Å². The number of thiazole rings is 1. The lowest BCUT2D eigenvalue weighted by Crippen LogP contribution is -2.11. The standard InChI is InChI=1S/C17H13N3O3S2/c1-24-14-7-3-5-12(9-14)16(21)19-17-18-15(10-25-17)11-4-2-6-13(8-11)20(22)23/h2-10H,1H3,(H,18,19,21). The number of amides is 1. The highest BCUT2D eigenvalue weighted by Gasteiger charge is 2.12. The van der Waals surface area contributed by atoms with Gasteiger partial charge in [0.1, 0.15) is 0 Å². The first kappa shape index (κ1) is 17.1. The Bertz CT molecular complexity index is 940. The molecule has 1 aromatic heterocycles. The molecule has 3 rings (SSSR count). The molecule has 2 aromatic carbocycles. The van der Waals surface area contributed by atoms with E-state index >= 15 is 0 Å². The number of benzene rings is 2. The smallest absolute Gasteiger partial charge is 0.270 e. The molecule has 6 nitrogen and oxygen atoms in total. The Morgan fingerprint density at radius 1 is 1.24 bits per heavy atom. The number of nitrogens with zero attached hydrogens (tertiary/aromatic N) is 2. The second kappa shape index (κ2) is 7.45. The van der Waals surface area contributed by atoms with Crippen LogP contribution in [-0.4, -0.2) is 22.1 Å². The van der Waals surface area contributed by atoms with E-state index < -0.39 is 4.92 Å². The van der Waals surface area contributed by atoms with E-state index in [2.05, 4.69) is 10.3 Å². The van der Waals surface area contributed by atoms with Crippen LogP contribution in [0.25, 0.3) is 11.3 Å². The van der Waals surface area contributed by atoms with Gasteiger partial charge >= 0.3 is 0 Å². The maximum absolute atomic E-state index is 12.3. The molecule has 1 heterocycles. The zero-order chi connectivity index (χ0) is 17.8. The van der Waals surface area contributed by atoms with Gasteiger partial charge in [-0.05, 0) is 24.5 Å². The molecule has 0 radical (unpaired) electrons. The molecule has 3 aromatic rings. The molecule has 126 valence electrons. The number of nitro groups is 1. The second-order valence-electron chi connectivity index (χ2n) is 5.03. The first-order chi connectivity index (χ1) is 12.1. The fourth-order valence-corrected chi connectivity index (χ4v) is 3.35. The lowest BCUT2D eigenvalue weighted by atomic mass is 10.1. The minimum atomic E-state index is -0.447. The van der Waals surface area contributed by atoms with Crippen LogP contribution in [0.5, 0.6) is 0 Å². The fraction of sp³-hybridized carbons (Fsp3) is 0.0588. The summed E-state index contributed by atoms with van der Waals surface area (Å²) in [6.07, 6.45) is 1.95. The van der Waals surface area contributed by atoms with Crippen LogP contribution in [-0.2, 0) is 0 Å². The Balaban J connectivity index is 1.78. The van der Waals surface area contributed by atoms with Gasteiger partial charge < -0.3 is 0 Å². The Labute approximate surface area is 152 Å². The van der Waals surface area contributed by atoms with Gasteiger partial charge in [0.15, 0.2) is 5.13 Å². The second-order valence-corrected chi connectivity index (χ2v) is 6.77. The van der Waals surface area contributed by atoms with Gasteiger partial charge in [-0.3, -0.25) is 20.2 Å². The number of hydrogen-bond acceptors (Lipinski definition) is 6. The van der Waals surface area contributed by atoms with Crippen LogP contribution in [0.15, 0.2) is 58.8 Å². The summed E-state index contributed by atoms with van der Waals surface area (Å²) in [5, 5.41) is 15.8. The number of aromatic nitrogens is 1. The maximum Gasteiger partial charge on any atom is 0.270 e. The fourth-order valence-electron chi connectivity index (χ4n) is 2.18. The van der Waals surface area contributed by atoms with Crippen LogP contribution in [0.2, 0.25) is 0 Å². The molecule has 0 saturated carbocycles. The summed E-state index contributed by atoms with van der Waals surface area (Å²) in [4.78, 5) is 28.1. The predicted molar refractivity (Wildman–Crippen MR) is 100 cm³/mol. The van der Waals surface area contributed by atoms with Crippen molar-refractivity contribution in [2.24, 2.45) is 0 Å². The van der Waals surface area contributed by atoms with Gasteiger partial charge in [0.2, 0.25) is 0 Å². The Morgan fingerprint density at radius 2 is 2.04 bits per heavy atom. The molecule has 0 aliphatic heterocycles. The molecule has 25 heavy (non-hydrogen) atoms. The third-order valence-corrected chi connectivity index (χ3v) is 4.89. The van der Waals surface area contributed by atoms with Crippen molar-refractivity contribution in [1.29, 1.82) is 0 Å². The van der Waals surface area contributed by atoms with Crippen LogP contribution in [0.1, 0.15) is 10.4 Å². The third kappa shape index (κ3) is 4.04. The molecular formula is C17H13N3O3S2. The van der Waals surface area contributed by atoms with Gasteiger partial charge in [0, 0.05) is 33.5 Å². The van der Waals surface area contributed by atoms with E-state index in [1.807, 2.05) is 24.5 Å². The summed E-state index contributed by atoms with van der Waals surface area (Å²) in [6.45, 7) is 0. The molecule has 0 atom stereocenters. The number of nitrogens with one attached hydrogen (secondary N) is 1. The average Bonchev–Trinajstić information content (AvgIpc) is 3.10. The molecule has 0 bridgehead atoms. The van der Waals surface area contributed by atoms with E-state index in [4.69, 9.17) is 0 Å². The number of carbonyl (C=O) groups is 1. The van der Waals surface area contributed by atoms with Crippen LogP contribution >= 0.6 is 23.1 Å². The van der Waals surface area contributed by atoms with Crippen molar-refractivity contribution < 1.29 is 9.72 Å². The first-order valence-corrected chi connectivity index (χ1v) is 9.33. The minimum absolute atomic E-state index is 0.00460.